The standard InChI is InChI=1S/C15H12Cl2N2O2/c1-9-2-7-12(13(17)8-9)15(21)19-18-14(20)10-3-5-11(16)6-4-10/h2-8H,1H3,(H,18,20)(H,19,21). The van der Waals surface area contributed by atoms with Crippen molar-refractivity contribution in [2.75, 3.05) is 0 Å². The molecule has 0 bridgehead atoms. The molecule has 6 heteroatoms. The van der Waals surface area contributed by atoms with Crippen molar-refractivity contribution in [3.05, 3.63) is 69.2 Å². The number of carbonyl (C=O) groups excluding carboxylic acids is 2. The molecule has 0 saturated carbocycles. The van der Waals surface area contributed by atoms with Crippen molar-refractivity contribution in [3.63, 3.8) is 0 Å². The predicted molar refractivity (Wildman–Crippen MR) is 82.6 cm³/mol. The molecule has 0 saturated heterocycles. The van der Waals surface area contributed by atoms with Crippen molar-refractivity contribution in [3.8, 4) is 0 Å². The lowest BCUT2D eigenvalue weighted by atomic mass is 10.1. The van der Waals surface area contributed by atoms with Crippen molar-refractivity contribution in [1.82, 2.24) is 10.9 Å². The fourth-order valence-corrected chi connectivity index (χ4v) is 2.11. The number of benzene rings is 2. The van der Waals surface area contributed by atoms with E-state index in [0.29, 0.717) is 21.2 Å². The van der Waals surface area contributed by atoms with Crippen LogP contribution in [0.15, 0.2) is 42.5 Å². The van der Waals surface area contributed by atoms with E-state index >= 15 is 0 Å². The molecule has 4 nitrogen and oxygen atoms in total. The second kappa shape index (κ2) is 6.61. The fourth-order valence-electron chi connectivity index (χ4n) is 1.66. The van der Waals surface area contributed by atoms with Crippen LogP contribution in [0.3, 0.4) is 0 Å². The molecular weight excluding hydrogens is 311 g/mol. The highest BCUT2D eigenvalue weighted by Gasteiger charge is 2.12. The van der Waals surface area contributed by atoms with E-state index in [4.69, 9.17) is 23.2 Å². The Bertz CT molecular complexity index is 685. The lowest BCUT2D eigenvalue weighted by molar-refractivity contribution is 0.0846. The number of hydrogen-bond acceptors (Lipinski definition) is 2. The molecule has 0 aromatic heterocycles. The Morgan fingerprint density at radius 3 is 2.14 bits per heavy atom. The summed E-state index contributed by atoms with van der Waals surface area (Å²) in [6.45, 7) is 1.87. The van der Waals surface area contributed by atoms with Crippen molar-refractivity contribution in [2.24, 2.45) is 0 Å². The minimum Gasteiger partial charge on any atom is -0.267 e. The van der Waals surface area contributed by atoms with Gasteiger partial charge in [-0.3, -0.25) is 20.4 Å². The van der Waals surface area contributed by atoms with E-state index in [9.17, 15) is 9.59 Å². The monoisotopic (exact) mass is 322 g/mol. The Morgan fingerprint density at radius 1 is 0.905 bits per heavy atom. The summed E-state index contributed by atoms with van der Waals surface area (Å²) in [7, 11) is 0. The second-order valence-electron chi connectivity index (χ2n) is 4.40. The maximum absolute atomic E-state index is 11.9. The molecule has 0 aliphatic heterocycles. The maximum atomic E-state index is 11.9. The van der Waals surface area contributed by atoms with Gasteiger partial charge >= 0.3 is 0 Å². The summed E-state index contributed by atoms with van der Waals surface area (Å²) >= 11 is 11.7. The molecule has 0 heterocycles. The Balaban J connectivity index is 2.00. The zero-order valence-electron chi connectivity index (χ0n) is 11.1. The third-order valence-corrected chi connectivity index (χ3v) is 3.33. The number of nitrogens with one attached hydrogen (secondary N) is 2. The number of rotatable bonds is 2. The van der Waals surface area contributed by atoms with Gasteiger partial charge in [0.05, 0.1) is 10.6 Å². The van der Waals surface area contributed by atoms with Gasteiger partial charge in [0.15, 0.2) is 0 Å². The summed E-state index contributed by atoms with van der Waals surface area (Å²) in [6.07, 6.45) is 0. The number of hydrogen-bond donors (Lipinski definition) is 2. The van der Waals surface area contributed by atoms with Crippen molar-refractivity contribution < 1.29 is 9.59 Å². The summed E-state index contributed by atoms with van der Waals surface area (Å²) in [6, 6.07) is 11.3. The van der Waals surface area contributed by atoms with E-state index in [1.807, 2.05) is 6.92 Å². The Morgan fingerprint density at radius 2 is 1.52 bits per heavy atom. The van der Waals surface area contributed by atoms with Gasteiger partial charge in [-0.2, -0.15) is 0 Å². The first-order chi connectivity index (χ1) is 9.97. The van der Waals surface area contributed by atoms with Gasteiger partial charge in [0.2, 0.25) is 0 Å². The van der Waals surface area contributed by atoms with E-state index in [1.54, 1.807) is 42.5 Å². The molecule has 0 fully saturated rings. The van der Waals surface area contributed by atoms with Crippen LogP contribution >= 0.6 is 23.2 Å². The van der Waals surface area contributed by atoms with Gasteiger partial charge in [0.25, 0.3) is 11.8 Å². The van der Waals surface area contributed by atoms with Crippen molar-refractivity contribution in [2.45, 2.75) is 6.92 Å². The third kappa shape index (κ3) is 3.97. The molecule has 0 aliphatic rings. The quantitative estimate of drug-likeness (QED) is 0.833. The average Bonchev–Trinajstić information content (AvgIpc) is 2.45. The lowest BCUT2D eigenvalue weighted by Gasteiger charge is -2.09. The van der Waals surface area contributed by atoms with Gasteiger partial charge < -0.3 is 0 Å². The Hall–Kier alpha value is -2.04. The normalized spacial score (nSPS) is 10.0. The van der Waals surface area contributed by atoms with Crippen LogP contribution in [0.2, 0.25) is 10.0 Å². The SMILES string of the molecule is Cc1ccc(C(=O)NNC(=O)c2ccc(Cl)cc2)c(Cl)c1. The van der Waals surface area contributed by atoms with Crippen molar-refractivity contribution >= 4 is 35.0 Å². The fraction of sp³-hybridized carbons (Fsp3) is 0.0667. The summed E-state index contributed by atoms with van der Waals surface area (Å²) in [4.78, 5) is 23.8. The van der Waals surface area contributed by atoms with E-state index < -0.39 is 11.8 Å². The van der Waals surface area contributed by atoms with Gasteiger partial charge in [-0.1, -0.05) is 29.3 Å². The summed E-state index contributed by atoms with van der Waals surface area (Å²) in [5.41, 5.74) is 6.25. The van der Waals surface area contributed by atoms with Crippen LogP contribution in [0.25, 0.3) is 0 Å². The highest BCUT2D eigenvalue weighted by Crippen LogP contribution is 2.17. The van der Waals surface area contributed by atoms with E-state index in [2.05, 4.69) is 10.9 Å². The maximum Gasteiger partial charge on any atom is 0.271 e. The first-order valence-electron chi connectivity index (χ1n) is 6.10. The number of carbonyl (C=O) groups is 2. The van der Waals surface area contributed by atoms with Gasteiger partial charge in [-0.25, -0.2) is 0 Å². The topological polar surface area (TPSA) is 58.2 Å². The molecule has 0 spiro atoms. The molecule has 2 N–H and O–H groups in total. The molecule has 2 aromatic rings. The number of amides is 2. The van der Waals surface area contributed by atoms with Crippen LogP contribution in [0.4, 0.5) is 0 Å². The van der Waals surface area contributed by atoms with Crippen LogP contribution in [-0.4, -0.2) is 11.8 Å². The van der Waals surface area contributed by atoms with Gasteiger partial charge in [0.1, 0.15) is 0 Å². The molecule has 108 valence electrons. The summed E-state index contributed by atoms with van der Waals surface area (Å²) < 4.78 is 0. The van der Waals surface area contributed by atoms with E-state index in [1.165, 1.54) is 0 Å². The molecule has 0 unspecified atom stereocenters. The van der Waals surface area contributed by atoms with Gasteiger partial charge in [0, 0.05) is 10.6 Å². The number of aryl methyl sites for hydroxylation is 1. The smallest absolute Gasteiger partial charge is 0.267 e. The molecule has 2 aromatic carbocycles. The highest BCUT2D eigenvalue weighted by atomic mass is 35.5. The molecular formula is C15H12Cl2N2O2. The first-order valence-corrected chi connectivity index (χ1v) is 6.85. The van der Waals surface area contributed by atoms with E-state index in [0.717, 1.165) is 5.56 Å². The molecule has 0 aliphatic carbocycles. The molecule has 0 atom stereocenters. The number of hydrazine groups is 1. The van der Waals surface area contributed by atoms with Crippen LogP contribution in [0.1, 0.15) is 26.3 Å². The Labute approximate surface area is 132 Å². The van der Waals surface area contributed by atoms with Crippen LogP contribution in [-0.2, 0) is 0 Å². The predicted octanol–water partition coefficient (Wildman–Crippen LogP) is 3.38. The summed E-state index contributed by atoms with van der Waals surface area (Å²) in [5.74, 6) is -0.925. The zero-order chi connectivity index (χ0) is 15.4. The number of halogens is 2. The van der Waals surface area contributed by atoms with E-state index in [-0.39, 0.29) is 0 Å². The second-order valence-corrected chi connectivity index (χ2v) is 5.24. The largest absolute Gasteiger partial charge is 0.271 e. The summed E-state index contributed by atoms with van der Waals surface area (Å²) in [5, 5.41) is 0.857. The highest BCUT2D eigenvalue weighted by molar-refractivity contribution is 6.34. The first kappa shape index (κ1) is 15.4. The minimum absolute atomic E-state index is 0.290. The molecule has 0 radical (unpaired) electrons. The minimum atomic E-state index is -0.484. The van der Waals surface area contributed by atoms with Gasteiger partial charge in [-0.15, -0.1) is 0 Å². The van der Waals surface area contributed by atoms with Gasteiger partial charge in [-0.05, 0) is 48.9 Å². The zero-order valence-corrected chi connectivity index (χ0v) is 12.6. The molecule has 2 amide bonds. The van der Waals surface area contributed by atoms with Crippen molar-refractivity contribution in [1.29, 1.82) is 0 Å². The lowest BCUT2D eigenvalue weighted by Crippen LogP contribution is -2.41. The third-order valence-electron chi connectivity index (χ3n) is 2.77. The van der Waals surface area contributed by atoms with Crippen LogP contribution < -0.4 is 10.9 Å². The molecule has 2 rings (SSSR count). The van der Waals surface area contributed by atoms with Crippen LogP contribution in [0, 0.1) is 6.92 Å². The molecule has 21 heavy (non-hydrogen) atoms. The van der Waals surface area contributed by atoms with Crippen LogP contribution in [0.5, 0.6) is 0 Å². The Kier molecular flexibility index (Phi) is 4.83. The average molecular weight is 323 g/mol.